The normalized spacial score (nSPS) is 20.2. The molecule has 2 rings (SSSR count). The fourth-order valence-corrected chi connectivity index (χ4v) is 1.71. The number of rotatable bonds is 3. The highest BCUT2D eigenvalue weighted by Gasteiger charge is 2.17. The van der Waals surface area contributed by atoms with Gasteiger partial charge in [0.15, 0.2) is 0 Å². The molecule has 1 unspecified atom stereocenters. The van der Waals surface area contributed by atoms with E-state index in [1.807, 2.05) is 18.2 Å². The molecule has 3 N–H and O–H groups in total. The Kier molecular flexibility index (Phi) is 2.93. The number of nitrogen functional groups attached to an aromatic ring is 1. The van der Waals surface area contributed by atoms with Gasteiger partial charge in [0.25, 0.3) is 0 Å². The van der Waals surface area contributed by atoms with Crippen molar-refractivity contribution in [3.8, 4) is 0 Å². The van der Waals surface area contributed by atoms with Gasteiger partial charge in [-0.2, -0.15) is 0 Å². The van der Waals surface area contributed by atoms with Crippen molar-refractivity contribution in [2.24, 2.45) is 0 Å². The monoisotopic (exact) mass is 256 g/mol. The number of benzene rings is 1. The van der Waals surface area contributed by atoms with Gasteiger partial charge in [-0.3, -0.25) is 0 Å². The van der Waals surface area contributed by atoms with Crippen LogP contribution < -0.4 is 11.1 Å². The van der Waals surface area contributed by atoms with Gasteiger partial charge in [-0.25, -0.2) is 0 Å². The largest absolute Gasteiger partial charge is 0.397 e. The summed E-state index contributed by atoms with van der Waals surface area (Å²) in [6.07, 6.45) is 1.49. The van der Waals surface area contributed by atoms with Crippen molar-refractivity contribution in [3.05, 3.63) is 22.7 Å². The highest BCUT2D eigenvalue weighted by Crippen LogP contribution is 2.24. The third-order valence-corrected chi connectivity index (χ3v) is 2.82. The fourth-order valence-electron chi connectivity index (χ4n) is 1.35. The van der Waals surface area contributed by atoms with Crippen LogP contribution in [0.2, 0.25) is 0 Å². The van der Waals surface area contributed by atoms with Crippen LogP contribution in [0.5, 0.6) is 0 Å². The van der Waals surface area contributed by atoms with Crippen molar-refractivity contribution in [3.63, 3.8) is 0 Å². The standard InChI is InChI=1S/C10H13BrN2O/c11-7-1-2-9(12)10(5-7)13-6-8-3-4-14-8/h1-2,5,8,13H,3-4,6,12H2. The molecule has 0 bridgehead atoms. The molecule has 1 atom stereocenters. The summed E-state index contributed by atoms with van der Waals surface area (Å²) in [7, 11) is 0. The second kappa shape index (κ2) is 4.19. The Balaban J connectivity index is 1.96. The Labute approximate surface area is 91.8 Å². The fraction of sp³-hybridized carbons (Fsp3) is 0.400. The van der Waals surface area contributed by atoms with Crippen molar-refractivity contribution in [1.82, 2.24) is 0 Å². The Morgan fingerprint density at radius 3 is 3.00 bits per heavy atom. The van der Waals surface area contributed by atoms with E-state index in [4.69, 9.17) is 10.5 Å². The maximum Gasteiger partial charge on any atom is 0.0769 e. The molecule has 1 aliphatic heterocycles. The second-order valence-corrected chi connectivity index (χ2v) is 4.31. The molecular formula is C10H13BrN2O. The molecule has 0 spiro atoms. The van der Waals surface area contributed by atoms with Gasteiger partial charge < -0.3 is 15.8 Å². The highest BCUT2D eigenvalue weighted by atomic mass is 79.9. The van der Waals surface area contributed by atoms with Gasteiger partial charge in [-0.05, 0) is 24.6 Å². The molecule has 0 saturated carbocycles. The van der Waals surface area contributed by atoms with E-state index in [0.717, 1.165) is 35.4 Å². The Morgan fingerprint density at radius 1 is 1.57 bits per heavy atom. The number of ether oxygens (including phenoxy) is 1. The van der Waals surface area contributed by atoms with Crippen LogP contribution in [0.15, 0.2) is 22.7 Å². The first-order valence-electron chi connectivity index (χ1n) is 4.66. The molecule has 1 aromatic carbocycles. The molecule has 1 heterocycles. The van der Waals surface area contributed by atoms with E-state index in [-0.39, 0.29) is 0 Å². The Bertz CT molecular complexity index is 326. The molecule has 3 nitrogen and oxygen atoms in total. The first-order valence-corrected chi connectivity index (χ1v) is 5.45. The van der Waals surface area contributed by atoms with Crippen LogP contribution in [-0.4, -0.2) is 19.3 Å². The lowest BCUT2D eigenvalue weighted by molar-refractivity contribution is -0.0410. The van der Waals surface area contributed by atoms with E-state index < -0.39 is 0 Å². The van der Waals surface area contributed by atoms with Crippen LogP contribution in [0, 0.1) is 0 Å². The topological polar surface area (TPSA) is 47.3 Å². The van der Waals surface area contributed by atoms with Crippen molar-refractivity contribution in [1.29, 1.82) is 0 Å². The van der Waals surface area contributed by atoms with Crippen molar-refractivity contribution >= 4 is 27.3 Å². The second-order valence-electron chi connectivity index (χ2n) is 3.39. The SMILES string of the molecule is Nc1ccc(Br)cc1NCC1CCO1. The summed E-state index contributed by atoms with van der Waals surface area (Å²) >= 11 is 3.41. The van der Waals surface area contributed by atoms with Gasteiger partial charge in [-0.1, -0.05) is 15.9 Å². The summed E-state index contributed by atoms with van der Waals surface area (Å²) in [5.41, 5.74) is 7.55. The molecule has 0 aromatic heterocycles. The highest BCUT2D eigenvalue weighted by molar-refractivity contribution is 9.10. The third-order valence-electron chi connectivity index (χ3n) is 2.33. The Hall–Kier alpha value is -0.740. The molecule has 1 saturated heterocycles. The smallest absolute Gasteiger partial charge is 0.0769 e. The number of hydrogen-bond acceptors (Lipinski definition) is 3. The van der Waals surface area contributed by atoms with E-state index in [1.54, 1.807) is 0 Å². The minimum Gasteiger partial charge on any atom is -0.397 e. The number of hydrogen-bond donors (Lipinski definition) is 2. The van der Waals surface area contributed by atoms with Crippen LogP contribution in [0.25, 0.3) is 0 Å². The molecule has 14 heavy (non-hydrogen) atoms. The molecule has 0 amide bonds. The number of nitrogens with one attached hydrogen (secondary N) is 1. The van der Waals surface area contributed by atoms with E-state index >= 15 is 0 Å². The lowest BCUT2D eigenvalue weighted by Crippen LogP contribution is -2.33. The first kappa shape index (κ1) is 9.80. The zero-order valence-corrected chi connectivity index (χ0v) is 9.38. The summed E-state index contributed by atoms with van der Waals surface area (Å²) < 4.78 is 6.34. The summed E-state index contributed by atoms with van der Waals surface area (Å²) in [5.74, 6) is 0. The predicted octanol–water partition coefficient (Wildman–Crippen LogP) is 2.23. The van der Waals surface area contributed by atoms with Crippen LogP contribution in [0.3, 0.4) is 0 Å². The summed E-state index contributed by atoms with van der Waals surface area (Å²) in [5, 5.41) is 3.28. The minimum absolute atomic E-state index is 0.355. The van der Waals surface area contributed by atoms with Crippen LogP contribution in [0.1, 0.15) is 6.42 Å². The average Bonchev–Trinajstić information content (AvgIpc) is 2.08. The molecule has 1 aromatic rings. The van der Waals surface area contributed by atoms with Gasteiger partial charge in [0.1, 0.15) is 0 Å². The minimum atomic E-state index is 0.355. The first-order chi connectivity index (χ1) is 6.75. The van der Waals surface area contributed by atoms with Gasteiger partial charge >= 0.3 is 0 Å². The van der Waals surface area contributed by atoms with Crippen molar-refractivity contribution in [2.75, 3.05) is 24.2 Å². The third kappa shape index (κ3) is 2.19. The zero-order chi connectivity index (χ0) is 9.97. The molecule has 0 aliphatic carbocycles. The van der Waals surface area contributed by atoms with E-state index in [0.29, 0.717) is 6.10 Å². The van der Waals surface area contributed by atoms with Gasteiger partial charge in [0, 0.05) is 17.6 Å². The Morgan fingerprint density at radius 2 is 2.36 bits per heavy atom. The molecule has 0 radical (unpaired) electrons. The van der Waals surface area contributed by atoms with Crippen molar-refractivity contribution in [2.45, 2.75) is 12.5 Å². The van der Waals surface area contributed by atoms with Gasteiger partial charge in [0.2, 0.25) is 0 Å². The van der Waals surface area contributed by atoms with Crippen LogP contribution >= 0.6 is 15.9 Å². The lowest BCUT2D eigenvalue weighted by Gasteiger charge is -2.27. The molecular weight excluding hydrogens is 244 g/mol. The maximum absolute atomic E-state index is 5.81. The van der Waals surface area contributed by atoms with Crippen molar-refractivity contribution < 1.29 is 4.74 Å². The van der Waals surface area contributed by atoms with E-state index in [1.165, 1.54) is 0 Å². The summed E-state index contributed by atoms with van der Waals surface area (Å²) in [6, 6.07) is 5.79. The predicted molar refractivity (Wildman–Crippen MR) is 61.4 cm³/mol. The van der Waals surface area contributed by atoms with E-state index in [9.17, 15) is 0 Å². The van der Waals surface area contributed by atoms with Crippen LogP contribution in [-0.2, 0) is 4.74 Å². The van der Waals surface area contributed by atoms with Crippen LogP contribution in [0.4, 0.5) is 11.4 Å². The van der Waals surface area contributed by atoms with Gasteiger partial charge in [-0.15, -0.1) is 0 Å². The summed E-state index contributed by atoms with van der Waals surface area (Å²) in [6.45, 7) is 1.72. The zero-order valence-electron chi connectivity index (χ0n) is 7.79. The number of nitrogens with two attached hydrogens (primary N) is 1. The van der Waals surface area contributed by atoms with Gasteiger partial charge in [0.05, 0.1) is 17.5 Å². The maximum atomic E-state index is 5.81. The molecule has 1 aliphatic rings. The number of anilines is 2. The quantitative estimate of drug-likeness (QED) is 0.816. The molecule has 1 fully saturated rings. The number of halogens is 1. The summed E-state index contributed by atoms with van der Waals surface area (Å²) in [4.78, 5) is 0. The molecule has 76 valence electrons. The van der Waals surface area contributed by atoms with E-state index in [2.05, 4.69) is 21.2 Å². The molecule has 4 heteroatoms. The average molecular weight is 257 g/mol. The lowest BCUT2D eigenvalue weighted by atomic mass is 10.2.